The minimum atomic E-state index is -0.230. The van der Waals surface area contributed by atoms with Gasteiger partial charge >= 0.3 is 5.97 Å². The maximum atomic E-state index is 10.8. The SMILES string of the molecule is CC(=O)OC(C)CCCC#Cc1ccc(-c2ncccn2)cc1. The number of aromatic nitrogens is 2. The van der Waals surface area contributed by atoms with Gasteiger partial charge in [0.25, 0.3) is 0 Å². The average molecular weight is 308 g/mol. The van der Waals surface area contributed by atoms with Crippen LogP contribution < -0.4 is 0 Å². The molecule has 4 nitrogen and oxygen atoms in total. The van der Waals surface area contributed by atoms with E-state index in [1.165, 1.54) is 6.92 Å². The van der Waals surface area contributed by atoms with Crippen LogP contribution >= 0.6 is 0 Å². The van der Waals surface area contributed by atoms with Crippen molar-refractivity contribution >= 4 is 5.97 Å². The minimum Gasteiger partial charge on any atom is -0.463 e. The first-order valence-corrected chi connectivity index (χ1v) is 7.68. The summed E-state index contributed by atoms with van der Waals surface area (Å²) in [5.74, 6) is 6.77. The van der Waals surface area contributed by atoms with E-state index in [4.69, 9.17) is 4.74 Å². The van der Waals surface area contributed by atoms with E-state index in [2.05, 4.69) is 21.8 Å². The Labute approximate surface area is 136 Å². The number of unbranched alkanes of at least 4 members (excludes halogenated alkanes) is 1. The number of carbonyl (C=O) groups is 1. The number of hydrogen-bond acceptors (Lipinski definition) is 4. The molecule has 118 valence electrons. The molecule has 0 aliphatic carbocycles. The first-order valence-electron chi connectivity index (χ1n) is 7.68. The molecule has 1 aromatic carbocycles. The van der Waals surface area contributed by atoms with Gasteiger partial charge in [0.05, 0.1) is 6.10 Å². The second-order valence-corrected chi connectivity index (χ2v) is 5.26. The van der Waals surface area contributed by atoms with E-state index < -0.39 is 0 Å². The van der Waals surface area contributed by atoms with Crippen molar-refractivity contribution in [3.8, 4) is 23.2 Å². The zero-order valence-electron chi connectivity index (χ0n) is 13.5. The molecule has 0 bridgehead atoms. The number of rotatable bonds is 5. The van der Waals surface area contributed by atoms with Gasteiger partial charge in [-0.15, -0.1) is 0 Å². The van der Waals surface area contributed by atoms with E-state index in [1.807, 2.05) is 31.2 Å². The molecular weight excluding hydrogens is 288 g/mol. The fourth-order valence-electron chi connectivity index (χ4n) is 2.14. The Balaban J connectivity index is 1.82. The van der Waals surface area contributed by atoms with Crippen molar-refractivity contribution in [1.82, 2.24) is 9.97 Å². The Morgan fingerprint density at radius 2 is 1.91 bits per heavy atom. The third-order valence-corrected chi connectivity index (χ3v) is 3.22. The molecule has 0 amide bonds. The normalized spacial score (nSPS) is 11.2. The largest absolute Gasteiger partial charge is 0.463 e. The molecule has 0 aliphatic rings. The predicted molar refractivity (Wildman–Crippen MR) is 89.4 cm³/mol. The molecule has 0 aliphatic heterocycles. The zero-order valence-corrected chi connectivity index (χ0v) is 13.5. The lowest BCUT2D eigenvalue weighted by Gasteiger charge is -2.09. The molecule has 0 fully saturated rings. The highest BCUT2D eigenvalue weighted by molar-refractivity contribution is 5.66. The lowest BCUT2D eigenvalue weighted by molar-refractivity contribution is -0.145. The van der Waals surface area contributed by atoms with Crippen LogP contribution in [-0.2, 0) is 9.53 Å². The number of carbonyl (C=O) groups excluding carboxylic acids is 1. The van der Waals surface area contributed by atoms with Gasteiger partial charge in [0.2, 0.25) is 0 Å². The lowest BCUT2D eigenvalue weighted by Crippen LogP contribution is -2.11. The number of ether oxygens (including phenoxy) is 1. The molecule has 0 radical (unpaired) electrons. The topological polar surface area (TPSA) is 52.1 Å². The van der Waals surface area contributed by atoms with E-state index in [0.29, 0.717) is 5.82 Å². The van der Waals surface area contributed by atoms with E-state index >= 15 is 0 Å². The fraction of sp³-hybridized carbons (Fsp3) is 0.316. The zero-order chi connectivity index (χ0) is 16.5. The molecule has 4 heteroatoms. The molecule has 0 saturated heterocycles. The molecule has 23 heavy (non-hydrogen) atoms. The number of esters is 1. The van der Waals surface area contributed by atoms with Crippen LogP contribution in [0.5, 0.6) is 0 Å². The monoisotopic (exact) mass is 308 g/mol. The summed E-state index contributed by atoms with van der Waals surface area (Å²) >= 11 is 0. The van der Waals surface area contributed by atoms with Gasteiger partial charge in [0, 0.05) is 36.9 Å². The average Bonchev–Trinajstić information content (AvgIpc) is 2.55. The van der Waals surface area contributed by atoms with Crippen molar-refractivity contribution in [3.05, 3.63) is 48.3 Å². The van der Waals surface area contributed by atoms with Gasteiger partial charge in [-0.2, -0.15) is 0 Å². The van der Waals surface area contributed by atoms with Crippen LogP contribution in [0.25, 0.3) is 11.4 Å². The van der Waals surface area contributed by atoms with Crippen LogP contribution in [0, 0.1) is 11.8 Å². The van der Waals surface area contributed by atoms with Crippen molar-refractivity contribution in [1.29, 1.82) is 0 Å². The molecule has 0 N–H and O–H groups in total. The van der Waals surface area contributed by atoms with E-state index in [0.717, 1.165) is 30.4 Å². The van der Waals surface area contributed by atoms with Gasteiger partial charge < -0.3 is 4.74 Å². The molecule has 1 aromatic heterocycles. The standard InChI is InChI=1S/C19H20N2O2/c1-15(23-16(2)22)7-4-3-5-8-17-9-11-18(12-10-17)19-20-13-6-14-21-19/h6,9-15H,3-4,7H2,1-2H3. The van der Waals surface area contributed by atoms with Crippen LogP contribution in [0.3, 0.4) is 0 Å². The van der Waals surface area contributed by atoms with E-state index in [-0.39, 0.29) is 12.1 Å². The molecule has 2 rings (SSSR count). The van der Waals surface area contributed by atoms with Crippen LogP contribution in [0.4, 0.5) is 0 Å². The molecule has 1 atom stereocenters. The maximum Gasteiger partial charge on any atom is 0.302 e. The van der Waals surface area contributed by atoms with Gasteiger partial charge in [-0.05, 0) is 50.1 Å². The van der Waals surface area contributed by atoms with Crippen molar-refractivity contribution < 1.29 is 9.53 Å². The molecular formula is C19H20N2O2. The summed E-state index contributed by atoms with van der Waals surface area (Å²) in [6.07, 6.45) is 5.95. The van der Waals surface area contributed by atoms with Gasteiger partial charge in [0.15, 0.2) is 5.82 Å². The first-order chi connectivity index (χ1) is 11.1. The highest BCUT2D eigenvalue weighted by Crippen LogP contribution is 2.14. The summed E-state index contributed by atoms with van der Waals surface area (Å²) in [5.41, 5.74) is 1.95. The third kappa shape index (κ3) is 5.91. The minimum absolute atomic E-state index is 0.0422. The van der Waals surface area contributed by atoms with E-state index in [1.54, 1.807) is 18.5 Å². The van der Waals surface area contributed by atoms with Crippen LogP contribution in [-0.4, -0.2) is 22.0 Å². The van der Waals surface area contributed by atoms with Crippen molar-refractivity contribution in [2.75, 3.05) is 0 Å². The van der Waals surface area contributed by atoms with E-state index in [9.17, 15) is 4.79 Å². The van der Waals surface area contributed by atoms with Crippen LogP contribution in [0.15, 0.2) is 42.7 Å². The second kappa shape index (κ2) is 8.70. The molecule has 1 heterocycles. The summed E-state index contributed by atoms with van der Waals surface area (Å²) in [6.45, 7) is 3.33. The summed E-state index contributed by atoms with van der Waals surface area (Å²) in [7, 11) is 0. The molecule has 0 spiro atoms. The molecule has 0 saturated carbocycles. The van der Waals surface area contributed by atoms with Gasteiger partial charge in [-0.3, -0.25) is 4.79 Å². The van der Waals surface area contributed by atoms with Crippen molar-refractivity contribution in [3.63, 3.8) is 0 Å². The Hall–Kier alpha value is -2.67. The summed E-state index contributed by atoms with van der Waals surface area (Å²) in [4.78, 5) is 19.2. The lowest BCUT2D eigenvalue weighted by atomic mass is 10.1. The Morgan fingerprint density at radius 1 is 1.22 bits per heavy atom. The summed E-state index contributed by atoms with van der Waals surface area (Å²) in [6, 6.07) is 9.69. The van der Waals surface area contributed by atoms with Gasteiger partial charge in [-0.1, -0.05) is 11.8 Å². The molecule has 1 unspecified atom stereocenters. The fourth-order valence-corrected chi connectivity index (χ4v) is 2.14. The van der Waals surface area contributed by atoms with Gasteiger partial charge in [-0.25, -0.2) is 9.97 Å². The van der Waals surface area contributed by atoms with Crippen LogP contribution in [0.1, 0.15) is 38.7 Å². The van der Waals surface area contributed by atoms with Crippen molar-refractivity contribution in [2.24, 2.45) is 0 Å². The second-order valence-electron chi connectivity index (χ2n) is 5.26. The number of benzene rings is 1. The number of hydrogen-bond donors (Lipinski definition) is 0. The number of nitrogens with zero attached hydrogens (tertiary/aromatic N) is 2. The summed E-state index contributed by atoms with van der Waals surface area (Å²) in [5, 5.41) is 0. The highest BCUT2D eigenvalue weighted by Gasteiger charge is 2.03. The van der Waals surface area contributed by atoms with Crippen molar-refractivity contribution in [2.45, 2.75) is 39.2 Å². The van der Waals surface area contributed by atoms with Gasteiger partial charge in [0.1, 0.15) is 0 Å². The van der Waals surface area contributed by atoms with Crippen LogP contribution in [0.2, 0.25) is 0 Å². The Morgan fingerprint density at radius 3 is 2.57 bits per heavy atom. The third-order valence-electron chi connectivity index (χ3n) is 3.22. The predicted octanol–water partition coefficient (Wildman–Crippen LogP) is 3.62. The Bertz CT molecular complexity index is 685. The smallest absolute Gasteiger partial charge is 0.302 e. The first kappa shape index (κ1) is 16.7. The molecule has 2 aromatic rings. The maximum absolute atomic E-state index is 10.8. The summed E-state index contributed by atoms with van der Waals surface area (Å²) < 4.78 is 5.07. The Kier molecular flexibility index (Phi) is 6.31. The highest BCUT2D eigenvalue weighted by atomic mass is 16.5. The quantitative estimate of drug-likeness (QED) is 0.481.